The zero-order chi connectivity index (χ0) is 20.0. The van der Waals surface area contributed by atoms with Gasteiger partial charge in [0, 0.05) is 28.5 Å². The molecule has 146 valence electrons. The lowest BCUT2D eigenvalue weighted by atomic mass is 10.1. The summed E-state index contributed by atoms with van der Waals surface area (Å²) in [5.41, 5.74) is 2.06. The van der Waals surface area contributed by atoms with Gasteiger partial charge in [-0.25, -0.2) is 4.98 Å². The molecular weight excluding hydrogens is 401 g/mol. The molecule has 0 saturated carbocycles. The Kier molecular flexibility index (Phi) is 8.29. The van der Waals surface area contributed by atoms with Crippen LogP contribution < -0.4 is 5.32 Å². The van der Waals surface area contributed by atoms with Gasteiger partial charge >= 0.3 is 0 Å². The summed E-state index contributed by atoms with van der Waals surface area (Å²) in [6.45, 7) is 6.68. The van der Waals surface area contributed by atoms with Crippen LogP contribution in [0.4, 0.5) is 0 Å². The summed E-state index contributed by atoms with van der Waals surface area (Å²) >= 11 is 13.9. The van der Waals surface area contributed by atoms with E-state index in [1.165, 1.54) is 0 Å². The smallest absolute Gasteiger partial charge is 0.136 e. The predicted molar refractivity (Wildman–Crippen MR) is 115 cm³/mol. The third kappa shape index (κ3) is 5.79. The van der Waals surface area contributed by atoms with E-state index in [1.54, 1.807) is 17.8 Å². The van der Waals surface area contributed by atoms with Gasteiger partial charge in [0.1, 0.15) is 17.5 Å². The summed E-state index contributed by atoms with van der Waals surface area (Å²) in [4.78, 5) is 5.63. The number of nitrogens with zero attached hydrogens (tertiary/aromatic N) is 2. The minimum Gasteiger partial charge on any atom is -0.394 e. The van der Waals surface area contributed by atoms with Gasteiger partial charge in [0.25, 0.3) is 0 Å². The minimum atomic E-state index is -0.122. The van der Waals surface area contributed by atoms with E-state index in [0.717, 1.165) is 21.2 Å². The molecule has 2 N–H and O–H groups in total. The number of hydrogen-bond donors (Lipinski definition) is 2. The molecular formula is C20H25Cl2N3OS. The average molecular weight is 426 g/mol. The second-order valence-electron chi connectivity index (χ2n) is 6.31. The van der Waals surface area contributed by atoms with Gasteiger partial charge in [-0.15, -0.1) is 0 Å². The molecule has 2 aromatic rings. The average Bonchev–Trinajstić information content (AvgIpc) is 2.95. The zero-order valence-corrected chi connectivity index (χ0v) is 18.3. The molecule has 0 radical (unpaired) electrons. The number of hydrogen-bond acceptors (Lipinski definition) is 4. The Bertz CT molecular complexity index is 824. The molecule has 1 aromatic carbocycles. The predicted octanol–water partition coefficient (Wildman–Crippen LogP) is 5.64. The molecule has 0 aliphatic carbocycles. The summed E-state index contributed by atoms with van der Waals surface area (Å²) < 4.78 is 2.06. The Hall–Kier alpha value is -1.40. The molecule has 0 saturated heterocycles. The molecule has 0 aliphatic heterocycles. The maximum atomic E-state index is 9.87. The van der Waals surface area contributed by atoms with Crippen LogP contribution in [0.15, 0.2) is 52.0 Å². The topological polar surface area (TPSA) is 50.1 Å². The number of aliphatic hydroxyl groups excluding tert-OH is 1. The van der Waals surface area contributed by atoms with E-state index in [9.17, 15) is 5.11 Å². The Morgan fingerprint density at radius 2 is 1.96 bits per heavy atom. The standard InChI is InChI=1S/C20H25Cl2N3OS/c1-5-14(6-7-23-4)11-25-18(12-26)24-19(13(2)3)20(25)27-17-9-15(21)8-16(22)10-17/h5-10,13,23,26H,11-12H2,1-4H3/b7-6-,14-5+. The van der Waals surface area contributed by atoms with Gasteiger partial charge in [-0.1, -0.05) is 54.9 Å². The highest BCUT2D eigenvalue weighted by Gasteiger charge is 2.20. The van der Waals surface area contributed by atoms with Crippen molar-refractivity contribution in [1.82, 2.24) is 14.9 Å². The molecule has 27 heavy (non-hydrogen) atoms. The molecule has 0 spiro atoms. The highest BCUT2D eigenvalue weighted by atomic mass is 35.5. The van der Waals surface area contributed by atoms with Crippen LogP contribution in [-0.2, 0) is 13.2 Å². The highest BCUT2D eigenvalue weighted by Crippen LogP contribution is 2.37. The summed E-state index contributed by atoms with van der Waals surface area (Å²) in [5.74, 6) is 0.863. The maximum absolute atomic E-state index is 9.87. The van der Waals surface area contributed by atoms with E-state index in [2.05, 4.69) is 29.8 Å². The quantitative estimate of drug-likeness (QED) is 0.537. The molecule has 2 rings (SSSR count). The number of nitrogens with one attached hydrogen (secondary N) is 1. The van der Waals surface area contributed by atoms with Gasteiger partial charge in [0.2, 0.25) is 0 Å². The van der Waals surface area contributed by atoms with E-state index in [1.807, 2.05) is 38.4 Å². The van der Waals surface area contributed by atoms with E-state index >= 15 is 0 Å². The van der Waals surface area contributed by atoms with E-state index in [-0.39, 0.29) is 12.5 Å². The molecule has 1 aromatic heterocycles. The van der Waals surface area contributed by atoms with Crippen molar-refractivity contribution in [3.05, 3.63) is 63.7 Å². The Balaban J connectivity index is 2.52. The monoisotopic (exact) mass is 425 g/mol. The van der Waals surface area contributed by atoms with Crippen molar-refractivity contribution in [2.75, 3.05) is 7.05 Å². The summed E-state index contributed by atoms with van der Waals surface area (Å²) in [5, 5.41) is 15.1. The molecule has 0 amide bonds. The van der Waals surface area contributed by atoms with Crippen molar-refractivity contribution in [2.45, 2.75) is 49.8 Å². The van der Waals surface area contributed by atoms with Crippen LogP contribution in [0.25, 0.3) is 0 Å². The lowest BCUT2D eigenvalue weighted by molar-refractivity contribution is 0.264. The molecule has 0 fully saturated rings. The van der Waals surface area contributed by atoms with Gasteiger partial charge in [0.05, 0.1) is 5.69 Å². The molecule has 4 nitrogen and oxygen atoms in total. The Labute approximate surface area is 175 Å². The third-order valence-electron chi connectivity index (χ3n) is 3.94. The van der Waals surface area contributed by atoms with E-state index < -0.39 is 0 Å². The molecule has 0 atom stereocenters. The van der Waals surface area contributed by atoms with Crippen LogP contribution in [0.2, 0.25) is 10.0 Å². The van der Waals surface area contributed by atoms with Gasteiger partial charge in [0.15, 0.2) is 0 Å². The van der Waals surface area contributed by atoms with Crippen LogP contribution in [0.3, 0.4) is 0 Å². The van der Waals surface area contributed by atoms with E-state index in [0.29, 0.717) is 22.4 Å². The molecule has 0 bridgehead atoms. The number of allylic oxidation sites excluding steroid dienone is 3. The highest BCUT2D eigenvalue weighted by molar-refractivity contribution is 7.99. The van der Waals surface area contributed by atoms with Crippen LogP contribution in [0.5, 0.6) is 0 Å². The maximum Gasteiger partial charge on any atom is 0.136 e. The second kappa shape index (κ2) is 10.2. The Morgan fingerprint density at radius 1 is 1.30 bits per heavy atom. The lowest BCUT2D eigenvalue weighted by Gasteiger charge is -2.14. The van der Waals surface area contributed by atoms with Gasteiger partial charge in [-0.2, -0.15) is 0 Å². The second-order valence-corrected chi connectivity index (χ2v) is 8.25. The number of halogens is 2. The first-order valence-corrected chi connectivity index (χ1v) is 10.3. The first-order chi connectivity index (χ1) is 12.9. The summed E-state index contributed by atoms with van der Waals surface area (Å²) in [7, 11) is 1.86. The largest absolute Gasteiger partial charge is 0.394 e. The van der Waals surface area contributed by atoms with Crippen LogP contribution >= 0.6 is 35.0 Å². The van der Waals surface area contributed by atoms with Crippen molar-refractivity contribution in [1.29, 1.82) is 0 Å². The fourth-order valence-electron chi connectivity index (χ4n) is 2.58. The summed E-state index contributed by atoms with van der Waals surface area (Å²) in [6, 6.07) is 5.48. The lowest BCUT2D eigenvalue weighted by Crippen LogP contribution is -2.07. The number of benzene rings is 1. The van der Waals surface area contributed by atoms with Crippen molar-refractivity contribution in [3.63, 3.8) is 0 Å². The first kappa shape index (κ1) is 21.9. The number of rotatable bonds is 8. The molecule has 0 aliphatic rings. The fraction of sp³-hybridized carbons (Fsp3) is 0.350. The molecule has 7 heteroatoms. The molecule has 1 heterocycles. The third-order valence-corrected chi connectivity index (χ3v) is 5.47. The minimum absolute atomic E-state index is 0.122. The van der Waals surface area contributed by atoms with Crippen LogP contribution in [-0.4, -0.2) is 21.7 Å². The van der Waals surface area contributed by atoms with Gasteiger partial charge in [-0.05, 0) is 48.9 Å². The van der Waals surface area contributed by atoms with Crippen molar-refractivity contribution >= 4 is 35.0 Å². The van der Waals surface area contributed by atoms with E-state index in [4.69, 9.17) is 28.2 Å². The molecule has 0 unspecified atom stereocenters. The van der Waals surface area contributed by atoms with Crippen LogP contribution in [0.1, 0.15) is 38.2 Å². The summed E-state index contributed by atoms with van der Waals surface area (Å²) in [6.07, 6.45) is 5.95. The van der Waals surface area contributed by atoms with Gasteiger partial charge in [-0.3, -0.25) is 0 Å². The number of imidazole rings is 1. The number of aromatic nitrogens is 2. The SMILES string of the molecule is C/C=C(\C=C/NC)Cn1c(CO)nc(C(C)C)c1Sc1cc(Cl)cc(Cl)c1. The number of aliphatic hydroxyl groups is 1. The van der Waals surface area contributed by atoms with Crippen molar-refractivity contribution in [2.24, 2.45) is 0 Å². The first-order valence-electron chi connectivity index (χ1n) is 8.72. The Morgan fingerprint density at radius 3 is 2.48 bits per heavy atom. The van der Waals surface area contributed by atoms with Crippen LogP contribution in [0, 0.1) is 0 Å². The fourth-order valence-corrected chi connectivity index (χ4v) is 4.50. The normalized spacial score (nSPS) is 12.4. The van der Waals surface area contributed by atoms with Gasteiger partial charge < -0.3 is 15.0 Å². The van der Waals surface area contributed by atoms with Crippen molar-refractivity contribution < 1.29 is 5.11 Å². The zero-order valence-electron chi connectivity index (χ0n) is 16.0. The van der Waals surface area contributed by atoms with Crippen molar-refractivity contribution in [3.8, 4) is 0 Å².